The van der Waals surface area contributed by atoms with E-state index in [4.69, 9.17) is 0 Å². The van der Waals surface area contributed by atoms with Crippen molar-refractivity contribution in [3.8, 4) is 0 Å². The monoisotopic (exact) mass is 249 g/mol. The Balaban J connectivity index is 2.30. The van der Waals surface area contributed by atoms with E-state index in [1.54, 1.807) is 6.07 Å². The van der Waals surface area contributed by atoms with Crippen LogP contribution in [0, 0.1) is 11.7 Å². The Morgan fingerprint density at radius 2 is 2.22 bits per heavy atom. The van der Waals surface area contributed by atoms with E-state index in [2.05, 4.69) is 32.2 Å². The first-order valence-electron chi connectivity index (χ1n) is 7.04. The van der Waals surface area contributed by atoms with Crippen molar-refractivity contribution < 1.29 is 4.39 Å². The molecule has 0 amide bonds. The van der Waals surface area contributed by atoms with Gasteiger partial charge in [0, 0.05) is 18.0 Å². The van der Waals surface area contributed by atoms with Gasteiger partial charge in [0.1, 0.15) is 5.82 Å². The average Bonchev–Trinajstić information content (AvgIpc) is 2.69. The topological polar surface area (TPSA) is 12.0 Å². The lowest BCUT2D eigenvalue weighted by Crippen LogP contribution is -2.42. The smallest absolute Gasteiger partial charge is 0.123 e. The molecule has 0 radical (unpaired) electrons. The molecular formula is C16H24FN. The van der Waals surface area contributed by atoms with Gasteiger partial charge < -0.3 is 5.32 Å². The van der Waals surface area contributed by atoms with Gasteiger partial charge >= 0.3 is 0 Å². The normalized spacial score (nSPS) is 27.9. The van der Waals surface area contributed by atoms with E-state index in [9.17, 15) is 4.39 Å². The summed E-state index contributed by atoms with van der Waals surface area (Å²) in [4.78, 5) is 0. The summed E-state index contributed by atoms with van der Waals surface area (Å²) >= 11 is 0. The fourth-order valence-corrected chi connectivity index (χ4v) is 3.22. The first-order chi connectivity index (χ1) is 8.54. The molecule has 1 aromatic rings. The van der Waals surface area contributed by atoms with Gasteiger partial charge in [0.2, 0.25) is 0 Å². The minimum absolute atomic E-state index is 0.115. The predicted octanol–water partition coefficient (Wildman–Crippen LogP) is 3.88. The van der Waals surface area contributed by atoms with Crippen LogP contribution in [0.2, 0.25) is 0 Å². The van der Waals surface area contributed by atoms with Crippen LogP contribution in [0.1, 0.15) is 45.6 Å². The maximum atomic E-state index is 13.5. The van der Waals surface area contributed by atoms with Crippen molar-refractivity contribution >= 4 is 0 Å². The van der Waals surface area contributed by atoms with E-state index in [-0.39, 0.29) is 11.2 Å². The van der Waals surface area contributed by atoms with Gasteiger partial charge in [-0.15, -0.1) is 0 Å². The molecule has 1 aliphatic rings. The van der Waals surface area contributed by atoms with E-state index in [1.165, 1.54) is 24.5 Å². The number of nitrogens with one attached hydrogen (secondary N) is 1. The van der Waals surface area contributed by atoms with Crippen LogP contribution in [0.3, 0.4) is 0 Å². The Bertz CT molecular complexity index is 402. The minimum Gasteiger partial charge on any atom is -0.314 e. The van der Waals surface area contributed by atoms with E-state index in [0.717, 1.165) is 13.0 Å². The highest BCUT2D eigenvalue weighted by molar-refractivity contribution is 5.29. The third-order valence-corrected chi connectivity index (χ3v) is 4.43. The molecule has 0 spiro atoms. The Kier molecular flexibility index (Phi) is 4.06. The summed E-state index contributed by atoms with van der Waals surface area (Å²) in [6, 6.07) is 7.67. The summed E-state index contributed by atoms with van der Waals surface area (Å²) in [6.45, 7) is 7.59. The van der Waals surface area contributed by atoms with Gasteiger partial charge in [0.05, 0.1) is 0 Å². The molecule has 2 rings (SSSR count). The molecule has 0 bridgehead atoms. The van der Waals surface area contributed by atoms with E-state index < -0.39 is 0 Å². The molecule has 1 aliphatic carbocycles. The van der Waals surface area contributed by atoms with Crippen LogP contribution in [-0.2, 0) is 5.41 Å². The van der Waals surface area contributed by atoms with Crippen LogP contribution < -0.4 is 5.32 Å². The highest BCUT2D eigenvalue weighted by Crippen LogP contribution is 2.45. The first kappa shape index (κ1) is 13.5. The van der Waals surface area contributed by atoms with Crippen molar-refractivity contribution in [2.45, 2.75) is 51.5 Å². The summed E-state index contributed by atoms with van der Waals surface area (Å²) in [5, 5.41) is 3.55. The van der Waals surface area contributed by atoms with Crippen molar-refractivity contribution in [2.75, 3.05) is 6.54 Å². The molecule has 100 valence electrons. The van der Waals surface area contributed by atoms with Crippen LogP contribution >= 0.6 is 0 Å². The van der Waals surface area contributed by atoms with E-state index >= 15 is 0 Å². The van der Waals surface area contributed by atoms with Crippen molar-refractivity contribution in [3.05, 3.63) is 35.6 Å². The minimum atomic E-state index is -0.115. The molecule has 1 fully saturated rings. The summed E-state index contributed by atoms with van der Waals surface area (Å²) in [6.07, 6.45) is 3.66. The van der Waals surface area contributed by atoms with Gasteiger partial charge in [0.25, 0.3) is 0 Å². The van der Waals surface area contributed by atoms with Gasteiger partial charge in [-0.1, -0.05) is 39.3 Å². The molecule has 0 heterocycles. The molecule has 1 nitrogen and oxygen atoms in total. The zero-order valence-electron chi connectivity index (χ0n) is 11.7. The molecule has 1 saturated carbocycles. The van der Waals surface area contributed by atoms with E-state index in [1.807, 2.05) is 6.07 Å². The fourth-order valence-electron chi connectivity index (χ4n) is 3.22. The maximum absolute atomic E-state index is 13.5. The zero-order chi connectivity index (χ0) is 13.2. The Morgan fingerprint density at radius 3 is 2.78 bits per heavy atom. The van der Waals surface area contributed by atoms with Crippen LogP contribution in [0.5, 0.6) is 0 Å². The fraction of sp³-hybridized carbons (Fsp3) is 0.625. The Morgan fingerprint density at radius 1 is 1.44 bits per heavy atom. The molecule has 1 aromatic carbocycles. The molecule has 0 aromatic heterocycles. The molecule has 2 atom stereocenters. The first-order valence-corrected chi connectivity index (χ1v) is 7.04. The summed E-state index contributed by atoms with van der Waals surface area (Å²) < 4.78 is 13.5. The largest absolute Gasteiger partial charge is 0.314 e. The third-order valence-electron chi connectivity index (χ3n) is 4.43. The van der Waals surface area contributed by atoms with Crippen LogP contribution in [0.4, 0.5) is 4.39 Å². The second kappa shape index (κ2) is 5.40. The van der Waals surface area contributed by atoms with Gasteiger partial charge in [-0.2, -0.15) is 0 Å². The lowest BCUT2D eigenvalue weighted by molar-refractivity contribution is 0.307. The number of halogens is 1. The average molecular weight is 249 g/mol. The highest BCUT2D eigenvalue weighted by Gasteiger charge is 2.41. The van der Waals surface area contributed by atoms with Gasteiger partial charge in [-0.3, -0.25) is 0 Å². The van der Waals surface area contributed by atoms with Gasteiger partial charge in [-0.05, 0) is 36.5 Å². The van der Waals surface area contributed by atoms with Gasteiger partial charge in [-0.25, -0.2) is 4.39 Å². The Labute approximate surface area is 110 Å². The second-order valence-corrected chi connectivity index (χ2v) is 6.00. The lowest BCUT2D eigenvalue weighted by Gasteiger charge is -2.35. The van der Waals surface area contributed by atoms with E-state index in [0.29, 0.717) is 12.0 Å². The molecule has 2 heteroatoms. The number of rotatable bonds is 4. The van der Waals surface area contributed by atoms with Crippen LogP contribution in [0.25, 0.3) is 0 Å². The molecule has 0 aliphatic heterocycles. The van der Waals surface area contributed by atoms with Crippen LogP contribution in [0.15, 0.2) is 24.3 Å². The number of hydrogen-bond acceptors (Lipinski definition) is 1. The quantitative estimate of drug-likeness (QED) is 0.854. The lowest BCUT2D eigenvalue weighted by atomic mass is 9.72. The molecule has 0 saturated heterocycles. The summed E-state index contributed by atoms with van der Waals surface area (Å²) in [7, 11) is 0. The van der Waals surface area contributed by atoms with Crippen LogP contribution in [-0.4, -0.2) is 12.6 Å². The molecule has 18 heavy (non-hydrogen) atoms. The van der Waals surface area contributed by atoms with Crippen molar-refractivity contribution in [3.63, 3.8) is 0 Å². The zero-order valence-corrected chi connectivity index (χ0v) is 11.7. The second-order valence-electron chi connectivity index (χ2n) is 6.00. The predicted molar refractivity (Wildman–Crippen MR) is 74.2 cm³/mol. The standard InChI is InChI=1S/C16H24FN/c1-12(2)18-11-16(9-5-6-13(16)3)14-7-4-8-15(17)10-14/h4,7-8,10,12-13,18H,5-6,9,11H2,1-3H3. The third kappa shape index (κ3) is 2.59. The Hall–Kier alpha value is -0.890. The SMILES string of the molecule is CC(C)NCC1(c2cccc(F)c2)CCCC1C. The number of hydrogen-bond donors (Lipinski definition) is 1. The van der Waals surface area contributed by atoms with Crippen molar-refractivity contribution in [1.82, 2.24) is 5.32 Å². The molecular weight excluding hydrogens is 225 g/mol. The summed E-state index contributed by atoms with van der Waals surface area (Å²) in [5.41, 5.74) is 1.28. The number of benzene rings is 1. The van der Waals surface area contributed by atoms with Gasteiger partial charge in [0.15, 0.2) is 0 Å². The highest BCUT2D eigenvalue weighted by atomic mass is 19.1. The maximum Gasteiger partial charge on any atom is 0.123 e. The molecule has 1 N–H and O–H groups in total. The summed E-state index contributed by atoms with van der Waals surface area (Å²) in [5.74, 6) is 0.501. The van der Waals surface area contributed by atoms with Crippen molar-refractivity contribution in [1.29, 1.82) is 0 Å². The van der Waals surface area contributed by atoms with Crippen molar-refractivity contribution in [2.24, 2.45) is 5.92 Å². The molecule has 2 unspecified atom stereocenters.